The lowest BCUT2D eigenvalue weighted by atomic mass is 10.1. The van der Waals surface area contributed by atoms with Gasteiger partial charge in [0, 0.05) is 24.3 Å². The van der Waals surface area contributed by atoms with Crippen molar-refractivity contribution in [2.75, 3.05) is 17.2 Å². The Morgan fingerprint density at radius 2 is 2.00 bits per heavy atom. The molecule has 0 amide bonds. The minimum absolute atomic E-state index is 0.0295. The molecule has 3 aromatic rings. The zero-order valence-corrected chi connectivity index (χ0v) is 16.0. The molecule has 8 nitrogen and oxygen atoms in total. The molecular weight excluding hydrogens is 380 g/mol. The first-order valence-electron chi connectivity index (χ1n) is 9.36. The molecule has 1 aromatic carbocycles. The molecule has 0 spiro atoms. The van der Waals surface area contributed by atoms with Crippen molar-refractivity contribution in [3.63, 3.8) is 0 Å². The zero-order chi connectivity index (χ0) is 20.4. The molecule has 0 aliphatic carbocycles. The molecule has 0 radical (unpaired) electrons. The van der Waals surface area contributed by atoms with Crippen molar-refractivity contribution >= 4 is 17.7 Å². The van der Waals surface area contributed by atoms with Crippen LogP contribution in [0.5, 0.6) is 0 Å². The van der Waals surface area contributed by atoms with Crippen molar-refractivity contribution in [3.05, 3.63) is 53.0 Å². The van der Waals surface area contributed by atoms with Crippen LogP contribution in [-0.2, 0) is 4.74 Å². The highest BCUT2D eigenvalue weighted by atomic mass is 19.1. The highest BCUT2D eigenvalue weighted by molar-refractivity contribution is 5.50. The summed E-state index contributed by atoms with van der Waals surface area (Å²) in [5.41, 5.74) is 1.21. The summed E-state index contributed by atoms with van der Waals surface area (Å²) < 4.78 is 32.8. The summed E-state index contributed by atoms with van der Waals surface area (Å²) in [7, 11) is 0. The van der Waals surface area contributed by atoms with Crippen LogP contribution in [0, 0.1) is 18.6 Å². The van der Waals surface area contributed by atoms with E-state index in [0.717, 1.165) is 31.2 Å². The molecule has 3 N–H and O–H groups in total. The molecule has 3 heterocycles. The van der Waals surface area contributed by atoms with E-state index in [1.807, 2.05) is 6.07 Å². The fraction of sp³-hybridized carbons (Fsp3) is 0.368. The highest BCUT2D eigenvalue weighted by Gasteiger charge is 2.20. The number of ether oxygens (including phenoxy) is 1. The standard InChI is InChI=1S/C19H21F2N7O/c1-10(13-6-5-12(20)8-14(13)21)22-18-23-11(2)24-19(26-18)25-17-9-15(27-28-17)16-4-3-7-29-16/h5-6,8-10,16H,3-4,7H2,1-2H3,(H3,22,23,24,25,26,27,28). The molecule has 4 rings (SSSR count). The van der Waals surface area contributed by atoms with Gasteiger partial charge in [-0.05, 0) is 32.8 Å². The van der Waals surface area contributed by atoms with Gasteiger partial charge in [-0.2, -0.15) is 20.1 Å². The predicted molar refractivity (Wildman–Crippen MR) is 103 cm³/mol. The second kappa shape index (κ2) is 8.08. The van der Waals surface area contributed by atoms with Crippen LogP contribution in [0.15, 0.2) is 24.3 Å². The molecule has 1 aliphatic heterocycles. The van der Waals surface area contributed by atoms with Crippen molar-refractivity contribution in [3.8, 4) is 0 Å². The Bertz CT molecular complexity index is 1000. The number of nitrogens with zero attached hydrogens (tertiary/aromatic N) is 4. The van der Waals surface area contributed by atoms with Gasteiger partial charge in [0.15, 0.2) is 5.82 Å². The largest absolute Gasteiger partial charge is 0.372 e. The van der Waals surface area contributed by atoms with E-state index in [9.17, 15) is 8.78 Å². The van der Waals surface area contributed by atoms with Crippen molar-refractivity contribution < 1.29 is 13.5 Å². The van der Waals surface area contributed by atoms with Crippen LogP contribution < -0.4 is 10.6 Å². The van der Waals surface area contributed by atoms with Crippen molar-refractivity contribution in [2.24, 2.45) is 0 Å². The third kappa shape index (κ3) is 4.48. The average molecular weight is 401 g/mol. The average Bonchev–Trinajstić information content (AvgIpc) is 3.32. The summed E-state index contributed by atoms with van der Waals surface area (Å²) >= 11 is 0. The lowest BCUT2D eigenvalue weighted by Gasteiger charge is -2.15. The number of hydrogen-bond acceptors (Lipinski definition) is 7. The number of nitrogens with one attached hydrogen (secondary N) is 3. The summed E-state index contributed by atoms with van der Waals surface area (Å²) in [4.78, 5) is 12.8. The molecule has 1 fully saturated rings. The Labute approximate surface area is 166 Å². The van der Waals surface area contributed by atoms with Crippen molar-refractivity contribution in [2.45, 2.75) is 38.8 Å². The summed E-state index contributed by atoms with van der Waals surface area (Å²) in [6.07, 6.45) is 2.01. The maximum absolute atomic E-state index is 14.0. The molecular formula is C19H21F2N7O. The summed E-state index contributed by atoms with van der Waals surface area (Å²) in [5.74, 6) is 0.356. The number of rotatable bonds is 6. The lowest BCUT2D eigenvalue weighted by Crippen LogP contribution is -2.13. The lowest BCUT2D eigenvalue weighted by molar-refractivity contribution is 0.108. The fourth-order valence-corrected chi connectivity index (χ4v) is 3.23. The van der Waals surface area contributed by atoms with E-state index in [-0.39, 0.29) is 12.1 Å². The number of aryl methyl sites for hydroxylation is 1. The normalized spacial score (nSPS) is 17.3. The summed E-state index contributed by atoms with van der Waals surface area (Å²) in [6.45, 7) is 4.22. The monoisotopic (exact) mass is 401 g/mol. The van der Waals surface area contributed by atoms with Gasteiger partial charge in [0.25, 0.3) is 0 Å². The van der Waals surface area contributed by atoms with E-state index in [4.69, 9.17) is 4.74 Å². The van der Waals surface area contributed by atoms with Gasteiger partial charge in [0.2, 0.25) is 11.9 Å². The molecule has 1 saturated heterocycles. The third-order valence-electron chi connectivity index (χ3n) is 4.64. The van der Waals surface area contributed by atoms with Gasteiger partial charge in [-0.3, -0.25) is 5.10 Å². The van der Waals surface area contributed by atoms with Gasteiger partial charge in [0.1, 0.15) is 17.5 Å². The quantitative estimate of drug-likeness (QED) is 0.575. The fourth-order valence-electron chi connectivity index (χ4n) is 3.23. The van der Waals surface area contributed by atoms with E-state index in [1.165, 1.54) is 12.1 Å². The Kier molecular flexibility index (Phi) is 5.34. The Morgan fingerprint density at radius 1 is 1.17 bits per heavy atom. The molecule has 1 aliphatic rings. The van der Waals surface area contributed by atoms with Crippen LogP contribution in [0.4, 0.5) is 26.5 Å². The second-order valence-corrected chi connectivity index (χ2v) is 6.90. The first-order chi connectivity index (χ1) is 14.0. The predicted octanol–water partition coefficient (Wildman–Crippen LogP) is 3.95. The second-order valence-electron chi connectivity index (χ2n) is 6.90. The molecule has 29 heavy (non-hydrogen) atoms. The number of aromatic amines is 1. The van der Waals surface area contributed by atoms with Gasteiger partial charge in [-0.15, -0.1) is 0 Å². The highest BCUT2D eigenvalue weighted by Crippen LogP contribution is 2.28. The van der Waals surface area contributed by atoms with Gasteiger partial charge in [0.05, 0.1) is 17.8 Å². The third-order valence-corrected chi connectivity index (χ3v) is 4.64. The minimum Gasteiger partial charge on any atom is -0.372 e. The Morgan fingerprint density at radius 3 is 2.76 bits per heavy atom. The molecule has 2 atom stereocenters. The van der Waals surface area contributed by atoms with Crippen LogP contribution >= 0.6 is 0 Å². The van der Waals surface area contributed by atoms with Gasteiger partial charge in [-0.1, -0.05) is 6.07 Å². The van der Waals surface area contributed by atoms with E-state index < -0.39 is 17.7 Å². The molecule has 10 heteroatoms. The van der Waals surface area contributed by atoms with Gasteiger partial charge >= 0.3 is 0 Å². The van der Waals surface area contributed by atoms with E-state index in [2.05, 4.69) is 35.8 Å². The molecule has 2 aromatic heterocycles. The van der Waals surface area contributed by atoms with Crippen molar-refractivity contribution in [1.82, 2.24) is 25.1 Å². The number of benzene rings is 1. The number of hydrogen-bond donors (Lipinski definition) is 3. The van der Waals surface area contributed by atoms with Gasteiger partial charge < -0.3 is 15.4 Å². The minimum atomic E-state index is -0.632. The SMILES string of the molecule is Cc1nc(Nc2cc(C3CCCO3)[nH]n2)nc(NC(C)c2ccc(F)cc2F)n1. The summed E-state index contributed by atoms with van der Waals surface area (Å²) in [6, 6.07) is 4.85. The van der Waals surface area contributed by atoms with Crippen LogP contribution in [0.25, 0.3) is 0 Å². The molecule has 152 valence electrons. The van der Waals surface area contributed by atoms with E-state index in [0.29, 0.717) is 23.2 Å². The van der Waals surface area contributed by atoms with Crippen LogP contribution in [0.3, 0.4) is 0 Å². The van der Waals surface area contributed by atoms with Crippen LogP contribution in [0.1, 0.15) is 49.0 Å². The maximum atomic E-state index is 14.0. The number of anilines is 3. The van der Waals surface area contributed by atoms with E-state index >= 15 is 0 Å². The molecule has 2 unspecified atom stereocenters. The Balaban J connectivity index is 1.48. The Hall–Kier alpha value is -3.14. The first kappa shape index (κ1) is 19.2. The van der Waals surface area contributed by atoms with Gasteiger partial charge in [-0.25, -0.2) is 8.78 Å². The zero-order valence-electron chi connectivity index (χ0n) is 16.0. The molecule has 0 saturated carbocycles. The first-order valence-corrected chi connectivity index (χ1v) is 9.36. The molecule has 0 bridgehead atoms. The van der Waals surface area contributed by atoms with E-state index in [1.54, 1.807) is 13.8 Å². The smallest absolute Gasteiger partial charge is 0.233 e. The topological polar surface area (TPSA) is 101 Å². The van der Waals surface area contributed by atoms with Crippen LogP contribution in [0.2, 0.25) is 0 Å². The number of halogens is 2. The van der Waals surface area contributed by atoms with Crippen LogP contribution in [-0.4, -0.2) is 31.8 Å². The number of aromatic nitrogens is 5. The maximum Gasteiger partial charge on any atom is 0.233 e. The number of H-pyrrole nitrogens is 1. The van der Waals surface area contributed by atoms with Crippen molar-refractivity contribution in [1.29, 1.82) is 0 Å². The summed E-state index contributed by atoms with van der Waals surface area (Å²) in [5, 5.41) is 13.2.